The Hall–Kier alpha value is -1.68. The SMILES string of the molecule is CC(C)Oc1ccc(-c2nc3c(s2)CCCC3=O)cc1. The molecular weight excluding hydrogens is 270 g/mol. The standard InChI is InChI=1S/C16H17NO2S/c1-10(2)19-12-8-6-11(7-9-12)16-17-15-13(18)4-3-5-14(15)20-16/h6-10H,3-5H2,1-2H3. The van der Waals surface area contributed by atoms with Crippen molar-refractivity contribution in [2.24, 2.45) is 0 Å². The summed E-state index contributed by atoms with van der Waals surface area (Å²) in [5, 5.41) is 0.932. The van der Waals surface area contributed by atoms with E-state index in [1.165, 1.54) is 0 Å². The Balaban J connectivity index is 1.88. The molecule has 1 aromatic carbocycles. The summed E-state index contributed by atoms with van der Waals surface area (Å²) in [6.45, 7) is 4.02. The third-order valence-corrected chi connectivity index (χ3v) is 4.41. The molecule has 2 aromatic rings. The van der Waals surface area contributed by atoms with Crippen molar-refractivity contribution >= 4 is 17.1 Å². The summed E-state index contributed by atoms with van der Waals surface area (Å²) in [6, 6.07) is 7.92. The minimum Gasteiger partial charge on any atom is -0.491 e. The number of rotatable bonds is 3. The minimum absolute atomic E-state index is 0.172. The molecule has 0 unspecified atom stereocenters. The zero-order valence-corrected chi connectivity index (χ0v) is 12.5. The smallest absolute Gasteiger partial charge is 0.182 e. The quantitative estimate of drug-likeness (QED) is 0.852. The Morgan fingerprint density at radius 2 is 1.95 bits per heavy atom. The predicted molar refractivity (Wildman–Crippen MR) is 80.6 cm³/mol. The number of hydrogen-bond donors (Lipinski definition) is 0. The van der Waals surface area contributed by atoms with Gasteiger partial charge in [-0.3, -0.25) is 4.79 Å². The lowest BCUT2D eigenvalue weighted by Gasteiger charge is -2.09. The molecule has 1 aromatic heterocycles. The molecule has 104 valence electrons. The number of Topliss-reactive ketones (excluding diaryl/α,β-unsaturated/α-hetero) is 1. The van der Waals surface area contributed by atoms with Crippen LogP contribution < -0.4 is 4.74 Å². The van der Waals surface area contributed by atoms with Crippen molar-refractivity contribution in [3.63, 3.8) is 0 Å². The van der Waals surface area contributed by atoms with E-state index in [0.29, 0.717) is 12.1 Å². The zero-order chi connectivity index (χ0) is 14.1. The molecule has 0 saturated heterocycles. The third kappa shape index (κ3) is 2.61. The number of thiazole rings is 1. The average molecular weight is 287 g/mol. The van der Waals surface area contributed by atoms with Crippen LogP contribution in [-0.2, 0) is 6.42 Å². The van der Waals surface area contributed by atoms with E-state index >= 15 is 0 Å². The van der Waals surface area contributed by atoms with Crippen LogP contribution in [-0.4, -0.2) is 16.9 Å². The van der Waals surface area contributed by atoms with Gasteiger partial charge >= 0.3 is 0 Å². The van der Waals surface area contributed by atoms with E-state index in [0.717, 1.165) is 34.0 Å². The van der Waals surface area contributed by atoms with Gasteiger partial charge in [-0.1, -0.05) is 0 Å². The summed E-state index contributed by atoms with van der Waals surface area (Å²) in [4.78, 5) is 17.5. The number of nitrogens with zero attached hydrogens (tertiary/aromatic N) is 1. The maximum absolute atomic E-state index is 11.8. The lowest BCUT2D eigenvalue weighted by Crippen LogP contribution is -2.08. The van der Waals surface area contributed by atoms with Gasteiger partial charge in [0.1, 0.15) is 16.5 Å². The number of ketones is 1. The molecule has 0 N–H and O–H groups in total. The van der Waals surface area contributed by atoms with Gasteiger partial charge < -0.3 is 4.74 Å². The summed E-state index contributed by atoms with van der Waals surface area (Å²) < 4.78 is 5.63. The molecule has 3 nitrogen and oxygen atoms in total. The van der Waals surface area contributed by atoms with Gasteiger partial charge in [0.15, 0.2) is 5.78 Å². The van der Waals surface area contributed by atoms with Crippen LogP contribution in [0.1, 0.15) is 42.1 Å². The van der Waals surface area contributed by atoms with Crippen molar-refractivity contribution in [2.45, 2.75) is 39.2 Å². The highest BCUT2D eigenvalue weighted by Gasteiger charge is 2.22. The van der Waals surface area contributed by atoms with Gasteiger partial charge in [-0.15, -0.1) is 11.3 Å². The molecule has 3 rings (SSSR count). The fourth-order valence-corrected chi connectivity index (χ4v) is 3.47. The average Bonchev–Trinajstić information content (AvgIpc) is 2.84. The number of carbonyl (C=O) groups excluding carboxylic acids is 1. The highest BCUT2D eigenvalue weighted by atomic mass is 32.1. The van der Waals surface area contributed by atoms with Crippen LogP contribution >= 0.6 is 11.3 Å². The van der Waals surface area contributed by atoms with E-state index in [-0.39, 0.29) is 11.9 Å². The molecule has 0 saturated carbocycles. The second-order valence-electron chi connectivity index (χ2n) is 5.26. The summed E-state index contributed by atoms with van der Waals surface area (Å²) in [7, 11) is 0. The molecule has 4 heteroatoms. The van der Waals surface area contributed by atoms with Crippen LogP contribution in [0.3, 0.4) is 0 Å². The Morgan fingerprint density at radius 3 is 2.60 bits per heavy atom. The van der Waals surface area contributed by atoms with Crippen LogP contribution in [0.25, 0.3) is 10.6 Å². The normalized spacial score (nSPS) is 14.4. The first kappa shape index (κ1) is 13.3. The second-order valence-corrected chi connectivity index (χ2v) is 6.34. The van der Waals surface area contributed by atoms with Crippen molar-refractivity contribution in [3.8, 4) is 16.3 Å². The zero-order valence-electron chi connectivity index (χ0n) is 11.7. The molecule has 0 aliphatic heterocycles. The van der Waals surface area contributed by atoms with E-state index in [1.54, 1.807) is 11.3 Å². The first-order valence-corrected chi connectivity index (χ1v) is 7.75. The fraction of sp³-hybridized carbons (Fsp3) is 0.375. The van der Waals surface area contributed by atoms with Gasteiger partial charge in [-0.2, -0.15) is 0 Å². The molecule has 0 bridgehead atoms. The number of aromatic nitrogens is 1. The molecule has 20 heavy (non-hydrogen) atoms. The highest BCUT2D eigenvalue weighted by molar-refractivity contribution is 7.15. The minimum atomic E-state index is 0.172. The highest BCUT2D eigenvalue weighted by Crippen LogP contribution is 2.33. The third-order valence-electron chi connectivity index (χ3n) is 3.24. The lowest BCUT2D eigenvalue weighted by molar-refractivity contribution is 0.0968. The Bertz CT molecular complexity index is 628. The van der Waals surface area contributed by atoms with E-state index in [4.69, 9.17) is 4.74 Å². The summed E-state index contributed by atoms with van der Waals surface area (Å²) in [6.07, 6.45) is 2.74. The van der Waals surface area contributed by atoms with Crippen LogP contribution in [0.15, 0.2) is 24.3 Å². The van der Waals surface area contributed by atoms with Crippen molar-refractivity contribution in [3.05, 3.63) is 34.8 Å². The molecule has 0 fully saturated rings. The topological polar surface area (TPSA) is 39.2 Å². The predicted octanol–water partition coefficient (Wildman–Crippen LogP) is 4.12. The number of ether oxygens (including phenoxy) is 1. The maximum atomic E-state index is 11.8. The van der Waals surface area contributed by atoms with Gasteiger partial charge in [-0.25, -0.2) is 4.98 Å². The maximum Gasteiger partial charge on any atom is 0.182 e. The molecule has 0 amide bonds. The molecule has 0 radical (unpaired) electrons. The molecular formula is C16H17NO2S. The Morgan fingerprint density at radius 1 is 1.20 bits per heavy atom. The van der Waals surface area contributed by atoms with Crippen molar-refractivity contribution in [1.29, 1.82) is 0 Å². The largest absolute Gasteiger partial charge is 0.491 e. The monoisotopic (exact) mass is 287 g/mol. The van der Waals surface area contributed by atoms with Crippen molar-refractivity contribution in [2.75, 3.05) is 0 Å². The van der Waals surface area contributed by atoms with E-state index in [1.807, 2.05) is 38.1 Å². The molecule has 0 atom stereocenters. The van der Waals surface area contributed by atoms with Gasteiger partial charge in [0.25, 0.3) is 0 Å². The van der Waals surface area contributed by atoms with Gasteiger partial charge in [0.05, 0.1) is 6.10 Å². The van der Waals surface area contributed by atoms with E-state index in [2.05, 4.69) is 4.98 Å². The Labute approximate surface area is 122 Å². The van der Waals surface area contributed by atoms with Crippen LogP contribution in [0.4, 0.5) is 0 Å². The first-order valence-electron chi connectivity index (χ1n) is 6.93. The molecule has 1 aliphatic rings. The molecule has 1 heterocycles. The molecule has 1 aliphatic carbocycles. The number of benzene rings is 1. The number of carbonyl (C=O) groups is 1. The summed E-state index contributed by atoms with van der Waals surface area (Å²) in [5.74, 6) is 1.05. The van der Waals surface area contributed by atoms with Gasteiger partial charge in [0.2, 0.25) is 0 Å². The van der Waals surface area contributed by atoms with E-state index in [9.17, 15) is 4.79 Å². The van der Waals surface area contributed by atoms with Crippen molar-refractivity contribution < 1.29 is 9.53 Å². The number of hydrogen-bond acceptors (Lipinski definition) is 4. The fourth-order valence-electron chi connectivity index (χ4n) is 2.34. The number of aryl methyl sites for hydroxylation is 1. The lowest BCUT2D eigenvalue weighted by atomic mass is 10.0. The van der Waals surface area contributed by atoms with Crippen LogP contribution in [0.5, 0.6) is 5.75 Å². The van der Waals surface area contributed by atoms with Gasteiger partial charge in [0, 0.05) is 16.9 Å². The molecule has 0 spiro atoms. The second kappa shape index (κ2) is 5.37. The van der Waals surface area contributed by atoms with Crippen LogP contribution in [0, 0.1) is 0 Å². The van der Waals surface area contributed by atoms with E-state index < -0.39 is 0 Å². The summed E-state index contributed by atoms with van der Waals surface area (Å²) >= 11 is 1.64. The van der Waals surface area contributed by atoms with Crippen molar-refractivity contribution in [1.82, 2.24) is 4.98 Å². The summed E-state index contributed by atoms with van der Waals surface area (Å²) in [5.41, 5.74) is 1.74. The Kier molecular flexibility index (Phi) is 3.57. The number of fused-ring (bicyclic) bond motifs is 1. The van der Waals surface area contributed by atoms with Crippen LogP contribution in [0.2, 0.25) is 0 Å². The van der Waals surface area contributed by atoms with Gasteiger partial charge in [-0.05, 0) is 51.0 Å². The first-order chi connectivity index (χ1) is 9.63.